The molecule has 0 aliphatic carbocycles. The smallest absolute Gasteiger partial charge is 0.151 e. The molecule has 0 aliphatic heterocycles. The van der Waals surface area contributed by atoms with Crippen molar-refractivity contribution < 1.29 is 8.78 Å². The van der Waals surface area contributed by atoms with E-state index in [0.717, 1.165) is 30.3 Å². The van der Waals surface area contributed by atoms with Crippen LogP contribution in [0.5, 0.6) is 0 Å². The van der Waals surface area contributed by atoms with Gasteiger partial charge in [0, 0.05) is 18.2 Å². The Hall–Kier alpha value is -1.75. The van der Waals surface area contributed by atoms with Gasteiger partial charge in [0.25, 0.3) is 0 Å². The van der Waals surface area contributed by atoms with Crippen molar-refractivity contribution in [3.8, 4) is 5.69 Å². The van der Waals surface area contributed by atoms with E-state index in [2.05, 4.69) is 17.3 Å². The molecule has 114 valence electrons. The molecular formula is C16H21F2N3. The molecular weight excluding hydrogens is 272 g/mol. The molecule has 0 unspecified atom stereocenters. The average Bonchev–Trinajstić information content (AvgIpc) is 2.83. The predicted octanol–water partition coefficient (Wildman–Crippen LogP) is 3.77. The maximum atomic E-state index is 14.0. The van der Waals surface area contributed by atoms with E-state index in [0.29, 0.717) is 6.54 Å². The Morgan fingerprint density at radius 2 is 2.05 bits per heavy atom. The fraction of sp³-hybridized carbons (Fsp3) is 0.438. The van der Waals surface area contributed by atoms with E-state index in [4.69, 9.17) is 0 Å². The minimum absolute atomic E-state index is 0.190. The molecule has 21 heavy (non-hydrogen) atoms. The van der Waals surface area contributed by atoms with E-state index in [9.17, 15) is 8.78 Å². The van der Waals surface area contributed by atoms with Gasteiger partial charge in [0.2, 0.25) is 0 Å². The first kappa shape index (κ1) is 15.6. The molecule has 0 atom stereocenters. The van der Waals surface area contributed by atoms with Crippen molar-refractivity contribution in [2.24, 2.45) is 0 Å². The average molecular weight is 293 g/mol. The SMILES string of the molecule is CCCNCc1cnn(-c2ccc(F)cc2F)c1C(C)C. The van der Waals surface area contributed by atoms with Crippen LogP contribution in [0.1, 0.15) is 44.4 Å². The molecule has 2 aromatic rings. The van der Waals surface area contributed by atoms with Crippen LogP contribution in [-0.4, -0.2) is 16.3 Å². The first-order chi connectivity index (χ1) is 10.0. The van der Waals surface area contributed by atoms with E-state index in [1.807, 2.05) is 13.8 Å². The van der Waals surface area contributed by atoms with Crippen LogP contribution in [0.2, 0.25) is 0 Å². The van der Waals surface area contributed by atoms with Crippen molar-refractivity contribution >= 4 is 0 Å². The standard InChI is InChI=1S/C16H21F2N3/c1-4-7-19-9-12-10-20-21(16(12)11(2)3)15-6-5-13(17)8-14(15)18/h5-6,8,10-11,19H,4,7,9H2,1-3H3. The molecule has 0 aliphatic rings. The third-order valence-corrected chi connectivity index (χ3v) is 3.31. The molecule has 0 amide bonds. The number of nitrogens with one attached hydrogen (secondary N) is 1. The number of benzene rings is 1. The molecule has 2 rings (SSSR count). The monoisotopic (exact) mass is 293 g/mol. The summed E-state index contributed by atoms with van der Waals surface area (Å²) < 4.78 is 28.6. The Labute approximate surface area is 124 Å². The Balaban J connectivity index is 2.39. The summed E-state index contributed by atoms with van der Waals surface area (Å²) in [5.74, 6) is -0.997. The van der Waals surface area contributed by atoms with Crippen LogP contribution < -0.4 is 5.32 Å². The Morgan fingerprint density at radius 1 is 1.29 bits per heavy atom. The van der Waals surface area contributed by atoms with Crippen LogP contribution in [0.15, 0.2) is 24.4 Å². The van der Waals surface area contributed by atoms with E-state index in [1.165, 1.54) is 12.1 Å². The van der Waals surface area contributed by atoms with Crippen molar-refractivity contribution in [3.63, 3.8) is 0 Å². The van der Waals surface area contributed by atoms with Gasteiger partial charge < -0.3 is 5.32 Å². The lowest BCUT2D eigenvalue weighted by molar-refractivity contribution is 0.568. The largest absolute Gasteiger partial charge is 0.313 e. The quantitative estimate of drug-likeness (QED) is 0.822. The topological polar surface area (TPSA) is 29.9 Å². The zero-order chi connectivity index (χ0) is 15.4. The van der Waals surface area contributed by atoms with Crippen LogP contribution in [-0.2, 0) is 6.54 Å². The summed E-state index contributed by atoms with van der Waals surface area (Å²) in [4.78, 5) is 0. The van der Waals surface area contributed by atoms with Gasteiger partial charge in [-0.2, -0.15) is 5.10 Å². The third-order valence-electron chi connectivity index (χ3n) is 3.31. The minimum Gasteiger partial charge on any atom is -0.313 e. The number of rotatable bonds is 6. The molecule has 0 saturated carbocycles. The molecule has 0 spiro atoms. The molecule has 1 N–H and O–H groups in total. The zero-order valence-electron chi connectivity index (χ0n) is 12.7. The number of hydrogen-bond acceptors (Lipinski definition) is 2. The lowest BCUT2D eigenvalue weighted by atomic mass is 10.1. The van der Waals surface area contributed by atoms with Gasteiger partial charge in [-0.1, -0.05) is 20.8 Å². The van der Waals surface area contributed by atoms with Crippen LogP contribution in [0.4, 0.5) is 8.78 Å². The van der Waals surface area contributed by atoms with Crippen LogP contribution in [0.3, 0.4) is 0 Å². The summed E-state index contributed by atoms with van der Waals surface area (Å²) in [5, 5.41) is 7.62. The van der Waals surface area contributed by atoms with Crippen molar-refractivity contribution in [2.75, 3.05) is 6.54 Å². The highest BCUT2D eigenvalue weighted by Crippen LogP contribution is 2.24. The van der Waals surface area contributed by atoms with Crippen molar-refractivity contribution in [1.29, 1.82) is 0 Å². The summed E-state index contributed by atoms with van der Waals surface area (Å²) >= 11 is 0. The Morgan fingerprint density at radius 3 is 2.67 bits per heavy atom. The predicted molar refractivity (Wildman–Crippen MR) is 79.6 cm³/mol. The maximum Gasteiger partial charge on any atom is 0.151 e. The third kappa shape index (κ3) is 3.47. The fourth-order valence-corrected chi connectivity index (χ4v) is 2.39. The van der Waals surface area contributed by atoms with Crippen LogP contribution >= 0.6 is 0 Å². The number of hydrogen-bond donors (Lipinski definition) is 1. The van der Waals surface area contributed by atoms with E-state index >= 15 is 0 Å². The molecule has 0 fully saturated rings. The van der Waals surface area contributed by atoms with Crippen LogP contribution in [0.25, 0.3) is 5.69 Å². The Kier molecular flexibility index (Phi) is 5.07. The van der Waals surface area contributed by atoms with E-state index in [-0.39, 0.29) is 11.6 Å². The molecule has 1 aromatic heterocycles. The zero-order valence-corrected chi connectivity index (χ0v) is 12.7. The second kappa shape index (κ2) is 6.80. The number of nitrogens with zero attached hydrogens (tertiary/aromatic N) is 2. The van der Waals surface area contributed by atoms with Gasteiger partial charge in [-0.25, -0.2) is 13.5 Å². The second-order valence-electron chi connectivity index (χ2n) is 5.39. The fourth-order valence-electron chi connectivity index (χ4n) is 2.39. The molecule has 3 nitrogen and oxygen atoms in total. The second-order valence-corrected chi connectivity index (χ2v) is 5.39. The molecule has 5 heteroatoms. The highest BCUT2D eigenvalue weighted by molar-refractivity contribution is 5.37. The summed E-state index contributed by atoms with van der Waals surface area (Å²) in [6, 6.07) is 3.56. The van der Waals surface area contributed by atoms with Gasteiger partial charge in [-0.3, -0.25) is 0 Å². The van der Waals surface area contributed by atoms with Gasteiger partial charge in [0.15, 0.2) is 5.82 Å². The molecule has 1 heterocycles. The van der Waals surface area contributed by atoms with Gasteiger partial charge in [-0.05, 0) is 31.0 Å². The molecule has 0 bridgehead atoms. The van der Waals surface area contributed by atoms with E-state index in [1.54, 1.807) is 10.9 Å². The summed E-state index contributed by atoms with van der Waals surface area (Å²) in [7, 11) is 0. The number of halogens is 2. The van der Waals surface area contributed by atoms with Crippen molar-refractivity contribution in [1.82, 2.24) is 15.1 Å². The normalized spacial score (nSPS) is 11.3. The molecule has 0 saturated heterocycles. The molecule has 0 radical (unpaired) electrons. The Bertz CT molecular complexity index is 606. The van der Waals surface area contributed by atoms with Gasteiger partial charge in [-0.15, -0.1) is 0 Å². The highest BCUT2D eigenvalue weighted by Gasteiger charge is 2.17. The summed E-state index contributed by atoms with van der Waals surface area (Å²) in [6.45, 7) is 7.81. The van der Waals surface area contributed by atoms with Gasteiger partial charge >= 0.3 is 0 Å². The number of aromatic nitrogens is 2. The first-order valence-corrected chi connectivity index (χ1v) is 7.27. The van der Waals surface area contributed by atoms with E-state index < -0.39 is 11.6 Å². The minimum atomic E-state index is -0.604. The summed E-state index contributed by atoms with van der Waals surface area (Å²) in [5.41, 5.74) is 2.27. The first-order valence-electron chi connectivity index (χ1n) is 7.27. The van der Waals surface area contributed by atoms with Gasteiger partial charge in [0.1, 0.15) is 11.5 Å². The summed E-state index contributed by atoms with van der Waals surface area (Å²) in [6.07, 6.45) is 2.80. The maximum absolute atomic E-state index is 14.0. The molecule has 1 aromatic carbocycles. The highest BCUT2D eigenvalue weighted by atomic mass is 19.1. The van der Waals surface area contributed by atoms with Crippen LogP contribution in [0, 0.1) is 11.6 Å². The van der Waals surface area contributed by atoms with Crippen molar-refractivity contribution in [3.05, 3.63) is 47.3 Å². The van der Waals surface area contributed by atoms with Gasteiger partial charge in [0.05, 0.1) is 11.9 Å². The lowest BCUT2D eigenvalue weighted by Crippen LogP contribution is -2.16. The van der Waals surface area contributed by atoms with Crippen molar-refractivity contribution in [2.45, 2.75) is 39.7 Å². The lowest BCUT2D eigenvalue weighted by Gasteiger charge is -2.14.